The topological polar surface area (TPSA) is 107 Å². The van der Waals surface area contributed by atoms with Crippen molar-refractivity contribution in [3.63, 3.8) is 0 Å². The SMILES string of the molecule is CC(C)(O)C(=O)N[C@H](C(=O)N1C[C@H]2[C@@H]([C@H]1C(=O)O)C2(C)C)C(C)(C)C. The van der Waals surface area contributed by atoms with E-state index in [-0.39, 0.29) is 17.3 Å². The number of rotatable bonds is 4. The molecular formula is C18H30N2O5. The summed E-state index contributed by atoms with van der Waals surface area (Å²) in [5.41, 5.74) is -2.32. The molecule has 1 aliphatic heterocycles. The summed E-state index contributed by atoms with van der Waals surface area (Å²) >= 11 is 0. The van der Waals surface area contributed by atoms with Gasteiger partial charge in [-0.2, -0.15) is 0 Å². The number of fused-ring (bicyclic) bond motifs is 1. The fourth-order valence-corrected chi connectivity index (χ4v) is 3.92. The third-order valence-corrected chi connectivity index (χ3v) is 5.69. The number of nitrogens with one attached hydrogen (secondary N) is 1. The maximum absolute atomic E-state index is 13.1. The Hall–Kier alpha value is -1.63. The van der Waals surface area contributed by atoms with Crippen LogP contribution in [0.2, 0.25) is 0 Å². The van der Waals surface area contributed by atoms with Crippen LogP contribution in [0, 0.1) is 22.7 Å². The molecule has 3 N–H and O–H groups in total. The smallest absolute Gasteiger partial charge is 0.326 e. The van der Waals surface area contributed by atoms with Gasteiger partial charge in [0.1, 0.15) is 17.7 Å². The molecule has 0 bridgehead atoms. The molecule has 4 atom stereocenters. The van der Waals surface area contributed by atoms with Crippen molar-refractivity contribution >= 4 is 17.8 Å². The van der Waals surface area contributed by atoms with Gasteiger partial charge in [0.2, 0.25) is 5.91 Å². The zero-order valence-corrected chi connectivity index (χ0v) is 16.1. The lowest BCUT2D eigenvalue weighted by Crippen LogP contribution is -2.60. The second-order valence-corrected chi connectivity index (χ2v) is 9.56. The van der Waals surface area contributed by atoms with Crippen molar-refractivity contribution in [2.75, 3.05) is 6.54 Å². The number of nitrogens with zero attached hydrogens (tertiary/aromatic N) is 1. The minimum absolute atomic E-state index is 0.0560. The molecule has 0 aromatic heterocycles. The quantitative estimate of drug-likeness (QED) is 0.694. The predicted octanol–water partition coefficient (Wildman–Crippen LogP) is 0.856. The third-order valence-electron chi connectivity index (χ3n) is 5.69. The molecule has 1 saturated carbocycles. The van der Waals surface area contributed by atoms with Crippen LogP contribution in [-0.2, 0) is 14.4 Å². The van der Waals surface area contributed by atoms with Crippen molar-refractivity contribution in [1.82, 2.24) is 10.2 Å². The van der Waals surface area contributed by atoms with E-state index in [2.05, 4.69) is 5.32 Å². The summed E-state index contributed by atoms with van der Waals surface area (Å²) in [5, 5.41) is 22.1. The number of likely N-dealkylation sites (tertiary alicyclic amines) is 1. The lowest BCUT2D eigenvalue weighted by Gasteiger charge is -2.37. The molecule has 2 rings (SSSR count). The first-order valence-electron chi connectivity index (χ1n) is 8.66. The van der Waals surface area contributed by atoms with Crippen molar-refractivity contribution in [2.45, 2.75) is 66.2 Å². The highest BCUT2D eigenvalue weighted by Crippen LogP contribution is 2.65. The normalized spacial score (nSPS) is 29.0. The van der Waals surface area contributed by atoms with Crippen molar-refractivity contribution in [1.29, 1.82) is 0 Å². The van der Waals surface area contributed by atoms with E-state index in [1.807, 2.05) is 13.8 Å². The summed E-state index contributed by atoms with van der Waals surface area (Å²) in [6, 6.07) is -1.77. The van der Waals surface area contributed by atoms with E-state index in [4.69, 9.17) is 0 Å². The molecule has 25 heavy (non-hydrogen) atoms. The zero-order chi connectivity index (χ0) is 19.5. The molecule has 1 heterocycles. The second kappa shape index (κ2) is 5.69. The van der Waals surface area contributed by atoms with Crippen molar-refractivity contribution in [3.8, 4) is 0 Å². The molecule has 0 radical (unpaired) electrons. The van der Waals surface area contributed by atoms with Crippen LogP contribution in [0.4, 0.5) is 0 Å². The highest BCUT2D eigenvalue weighted by molar-refractivity contribution is 5.93. The average molecular weight is 354 g/mol. The van der Waals surface area contributed by atoms with Gasteiger partial charge in [0, 0.05) is 12.5 Å². The fourth-order valence-electron chi connectivity index (χ4n) is 3.92. The number of piperidine rings is 1. The Balaban J connectivity index is 2.26. The van der Waals surface area contributed by atoms with Gasteiger partial charge in [-0.25, -0.2) is 4.79 Å². The Morgan fingerprint density at radius 1 is 1.16 bits per heavy atom. The summed E-state index contributed by atoms with van der Waals surface area (Å²) in [5.74, 6) is -1.95. The van der Waals surface area contributed by atoms with E-state index >= 15 is 0 Å². The largest absolute Gasteiger partial charge is 0.480 e. The molecule has 7 heteroatoms. The van der Waals surface area contributed by atoms with Crippen LogP contribution in [0.15, 0.2) is 0 Å². The van der Waals surface area contributed by atoms with E-state index in [9.17, 15) is 24.6 Å². The minimum atomic E-state index is -1.62. The Labute approximate surface area is 148 Å². The Bertz CT molecular complexity index is 600. The summed E-state index contributed by atoms with van der Waals surface area (Å²) in [6.45, 7) is 12.5. The number of aliphatic carboxylic acids is 1. The fraction of sp³-hybridized carbons (Fsp3) is 0.833. The van der Waals surface area contributed by atoms with Gasteiger partial charge in [0.15, 0.2) is 0 Å². The first kappa shape index (κ1) is 19.7. The van der Waals surface area contributed by atoms with Crippen molar-refractivity contribution in [3.05, 3.63) is 0 Å². The van der Waals surface area contributed by atoms with Crippen LogP contribution in [-0.4, -0.2) is 57.1 Å². The van der Waals surface area contributed by atoms with Gasteiger partial charge in [0.25, 0.3) is 5.91 Å². The number of hydrogen-bond acceptors (Lipinski definition) is 4. The molecule has 2 fully saturated rings. The molecule has 0 aromatic rings. The van der Waals surface area contributed by atoms with Crippen molar-refractivity contribution < 1.29 is 24.6 Å². The van der Waals surface area contributed by atoms with E-state index in [1.54, 1.807) is 20.8 Å². The van der Waals surface area contributed by atoms with Crippen LogP contribution in [0.5, 0.6) is 0 Å². The van der Waals surface area contributed by atoms with Gasteiger partial charge in [-0.15, -0.1) is 0 Å². The first-order valence-corrected chi connectivity index (χ1v) is 8.66. The third kappa shape index (κ3) is 3.38. The molecule has 1 saturated heterocycles. The monoisotopic (exact) mass is 354 g/mol. The van der Waals surface area contributed by atoms with Crippen LogP contribution in [0.1, 0.15) is 48.5 Å². The first-order chi connectivity index (χ1) is 11.1. The molecule has 0 aromatic carbocycles. The Morgan fingerprint density at radius 2 is 1.68 bits per heavy atom. The van der Waals surface area contributed by atoms with Gasteiger partial charge in [-0.05, 0) is 30.6 Å². The van der Waals surface area contributed by atoms with Gasteiger partial charge in [-0.3, -0.25) is 9.59 Å². The molecule has 142 valence electrons. The van der Waals surface area contributed by atoms with Crippen molar-refractivity contribution in [2.24, 2.45) is 22.7 Å². The van der Waals surface area contributed by atoms with Crippen LogP contribution in [0.25, 0.3) is 0 Å². The summed E-state index contributed by atoms with van der Waals surface area (Å²) < 4.78 is 0. The molecule has 1 aliphatic carbocycles. The number of amides is 2. The minimum Gasteiger partial charge on any atom is -0.480 e. The van der Waals surface area contributed by atoms with Gasteiger partial charge < -0.3 is 20.4 Å². The number of carbonyl (C=O) groups is 3. The van der Waals surface area contributed by atoms with Crippen LogP contribution < -0.4 is 5.32 Å². The summed E-state index contributed by atoms with van der Waals surface area (Å²) in [4.78, 5) is 38.5. The second-order valence-electron chi connectivity index (χ2n) is 9.56. The summed E-state index contributed by atoms with van der Waals surface area (Å²) in [6.07, 6.45) is 0. The van der Waals surface area contributed by atoms with Crippen LogP contribution in [0.3, 0.4) is 0 Å². The molecule has 0 unspecified atom stereocenters. The van der Waals surface area contributed by atoms with Crippen LogP contribution >= 0.6 is 0 Å². The molecule has 0 spiro atoms. The number of hydrogen-bond donors (Lipinski definition) is 3. The highest BCUT2D eigenvalue weighted by atomic mass is 16.4. The van der Waals surface area contributed by atoms with E-state index in [1.165, 1.54) is 18.7 Å². The van der Waals surface area contributed by atoms with E-state index in [0.717, 1.165) is 0 Å². The van der Waals surface area contributed by atoms with Gasteiger partial charge >= 0.3 is 5.97 Å². The number of carboxylic acids is 1. The molecule has 7 nitrogen and oxygen atoms in total. The van der Waals surface area contributed by atoms with E-state index in [0.29, 0.717) is 6.54 Å². The lowest BCUT2D eigenvalue weighted by atomic mass is 9.84. The van der Waals surface area contributed by atoms with Gasteiger partial charge in [-0.1, -0.05) is 34.6 Å². The molecular weight excluding hydrogens is 324 g/mol. The Morgan fingerprint density at radius 3 is 2.08 bits per heavy atom. The standard InChI is InChI=1S/C18H30N2O5/c1-16(2,3)12(19-15(24)18(6,7)25)13(21)20-8-9-10(17(9,4)5)11(20)14(22)23/h9-12,25H,8H2,1-7H3,(H,19,24)(H,22,23)/t9-,10-,11-,12+/m0/s1. The van der Waals surface area contributed by atoms with E-state index < -0.39 is 40.9 Å². The molecule has 2 amide bonds. The molecule has 2 aliphatic rings. The predicted molar refractivity (Wildman–Crippen MR) is 91.6 cm³/mol. The number of aliphatic hydroxyl groups is 1. The van der Waals surface area contributed by atoms with Gasteiger partial charge in [0.05, 0.1) is 0 Å². The lowest BCUT2D eigenvalue weighted by molar-refractivity contribution is -0.154. The summed E-state index contributed by atoms with van der Waals surface area (Å²) in [7, 11) is 0. The number of carboxylic acid groups (broad SMARTS) is 1. The zero-order valence-electron chi connectivity index (χ0n) is 16.1. The number of carbonyl (C=O) groups excluding carboxylic acids is 2. The maximum Gasteiger partial charge on any atom is 0.326 e. The highest BCUT2D eigenvalue weighted by Gasteiger charge is 2.70. The Kier molecular flexibility index (Phi) is 4.48. The maximum atomic E-state index is 13.1. The average Bonchev–Trinajstić information content (AvgIpc) is 2.82.